The van der Waals surface area contributed by atoms with Gasteiger partial charge in [0, 0.05) is 4.88 Å². The van der Waals surface area contributed by atoms with E-state index in [1.54, 1.807) is 36.0 Å². The number of para-hydroxylation sites is 2. The Kier molecular flexibility index (Phi) is 5.16. The first-order chi connectivity index (χ1) is 13.5. The Balaban J connectivity index is 2.02. The number of hydrogen-bond donors (Lipinski definition) is 1. The number of aryl methyl sites for hydroxylation is 2. The molecule has 146 valence electrons. The molecule has 0 saturated carbocycles. The van der Waals surface area contributed by atoms with Gasteiger partial charge in [-0.25, -0.2) is 4.98 Å². The summed E-state index contributed by atoms with van der Waals surface area (Å²) in [6, 6.07) is 7.33. The van der Waals surface area contributed by atoms with Crippen molar-refractivity contribution >= 4 is 39.2 Å². The van der Waals surface area contributed by atoms with Crippen molar-refractivity contribution in [3.05, 3.63) is 45.1 Å². The molecule has 1 amide bonds. The van der Waals surface area contributed by atoms with Crippen molar-refractivity contribution in [3.63, 3.8) is 0 Å². The number of fused-ring (bicyclic) bond motifs is 3. The van der Waals surface area contributed by atoms with E-state index in [0.717, 1.165) is 36.1 Å². The van der Waals surface area contributed by atoms with Crippen LogP contribution in [-0.4, -0.2) is 27.8 Å². The third-order valence-electron chi connectivity index (χ3n) is 4.97. The molecule has 0 spiro atoms. The molecule has 0 saturated heterocycles. The molecule has 0 unspecified atom stereocenters. The van der Waals surface area contributed by atoms with Gasteiger partial charge in [0.05, 0.1) is 23.4 Å². The monoisotopic (exact) mass is 415 g/mol. The zero-order valence-electron chi connectivity index (χ0n) is 15.7. The second kappa shape index (κ2) is 7.60. The standard InChI is InChI=1S/C20H21N3O3S2/c1-11(17(21)24)27-20-22-18-16(12-7-3-6-10-15(12)28-18)19(25)23(20)13-8-4-5-9-14(13)26-2/h4-5,8-9,11H,3,6-7,10H2,1-2H3,(H2,21,24)/t11-/m0/s1. The van der Waals surface area contributed by atoms with E-state index in [-0.39, 0.29) is 5.56 Å². The number of thiophene rings is 1. The fourth-order valence-corrected chi connectivity index (χ4v) is 5.68. The van der Waals surface area contributed by atoms with Gasteiger partial charge in [0.25, 0.3) is 5.56 Å². The summed E-state index contributed by atoms with van der Waals surface area (Å²) in [5.74, 6) is 0.125. The molecule has 2 aromatic heterocycles. The molecule has 2 N–H and O–H groups in total. The van der Waals surface area contributed by atoms with Gasteiger partial charge in [0.2, 0.25) is 5.91 Å². The van der Waals surface area contributed by atoms with Crippen LogP contribution in [0, 0.1) is 0 Å². The van der Waals surface area contributed by atoms with Crippen molar-refractivity contribution in [3.8, 4) is 11.4 Å². The van der Waals surface area contributed by atoms with Gasteiger partial charge in [-0.15, -0.1) is 11.3 Å². The van der Waals surface area contributed by atoms with Crippen LogP contribution in [0.5, 0.6) is 5.75 Å². The van der Waals surface area contributed by atoms with Crippen LogP contribution in [0.25, 0.3) is 15.9 Å². The third-order valence-corrected chi connectivity index (χ3v) is 7.22. The molecule has 2 heterocycles. The molecular weight excluding hydrogens is 394 g/mol. The number of nitrogens with zero attached hydrogens (tertiary/aromatic N) is 2. The molecule has 6 nitrogen and oxygen atoms in total. The zero-order chi connectivity index (χ0) is 19.8. The molecule has 0 bridgehead atoms. The van der Waals surface area contributed by atoms with Crippen molar-refractivity contribution in [2.45, 2.75) is 43.0 Å². The van der Waals surface area contributed by atoms with Crippen molar-refractivity contribution in [2.75, 3.05) is 7.11 Å². The molecule has 0 aliphatic heterocycles. The number of rotatable bonds is 5. The van der Waals surface area contributed by atoms with Crippen LogP contribution in [-0.2, 0) is 17.6 Å². The van der Waals surface area contributed by atoms with E-state index < -0.39 is 11.2 Å². The van der Waals surface area contributed by atoms with Crippen LogP contribution >= 0.6 is 23.1 Å². The lowest BCUT2D eigenvalue weighted by Crippen LogP contribution is -2.26. The molecular formula is C20H21N3O3S2. The van der Waals surface area contributed by atoms with Gasteiger partial charge < -0.3 is 10.5 Å². The van der Waals surface area contributed by atoms with E-state index in [1.165, 1.54) is 16.6 Å². The molecule has 0 radical (unpaired) electrons. The van der Waals surface area contributed by atoms with E-state index in [9.17, 15) is 9.59 Å². The first-order valence-corrected chi connectivity index (χ1v) is 10.9. The van der Waals surface area contributed by atoms with Crippen LogP contribution in [0.15, 0.2) is 34.2 Å². The lowest BCUT2D eigenvalue weighted by atomic mass is 9.97. The fourth-order valence-electron chi connectivity index (χ4n) is 3.51. The van der Waals surface area contributed by atoms with E-state index in [4.69, 9.17) is 15.5 Å². The van der Waals surface area contributed by atoms with Gasteiger partial charge in [-0.3, -0.25) is 14.2 Å². The summed E-state index contributed by atoms with van der Waals surface area (Å²) in [6.45, 7) is 1.72. The lowest BCUT2D eigenvalue weighted by Gasteiger charge is -2.17. The van der Waals surface area contributed by atoms with E-state index >= 15 is 0 Å². The number of aromatic nitrogens is 2. The molecule has 4 rings (SSSR count). The minimum Gasteiger partial charge on any atom is -0.495 e. The largest absolute Gasteiger partial charge is 0.495 e. The number of thioether (sulfide) groups is 1. The second-order valence-corrected chi connectivity index (χ2v) is 9.15. The predicted molar refractivity (Wildman–Crippen MR) is 113 cm³/mol. The number of nitrogens with two attached hydrogens (primary N) is 1. The molecule has 3 aromatic rings. The van der Waals surface area contributed by atoms with E-state index in [1.807, 2.05) is 18.2 Å². The van der Waals surface area contributed by atoms with Crippen molar-refractivity contribution in [1.29, 1.82) is 0 Å². The van der Waals surface area contributed by atoms with Gasteiger partial charge in [-0.05, 0) is 50.3 Å². The van der Waals surface area contributed by atoms with Gasteiger partial charge >= 0.3 is 0 Å². The smallest absolute Gasteiger partial charge is 0.267 e. The average molecular weight is 416 g/mol. The summed E-state index contributed by atoms with van der Waals surface area (Å²) < 4.78 is 7.04. The molecule has 28 heavy (non-hydrogen) atoms. The zero-order valence-corrected chi connectivity index (χ0v) is 17.4. The van der Waals surface area contributed by atoms with Crippen molar-refractivity contribution in [1.82, 2.24) is 9.55 Å². The maximum atomic E-state index is 13.6. The Morgan fingerprint density at radius 2 is 2.07 bits per heavy atom. The highest BCUT2D eigenvalue weighted by atomic mass is 32.2. The molecule has 1 aliphatic carbocycles. The lowest BCUT2D eigenvalue weighted by molar-refractivity contribution is -0.117. The molecule has 1 atom stereocenters. The summed E-state index contributed by atoms with van der Waals surface area (Å²) >= 11 is 2.79. The van der Waals surface area contributed by atoms with E-state index in [0.29, 0.717) is 22.0 Å². The highest BCUT2D eigenvalue weighted by molar-refractivity contribution is 8.00. The first kappa shape index (κ1) is 19.0. The number of carbonyl (C=O) groups is 1. The van der Waals surface area contributed by atoms with Crippen LogP contribution in [0.1, 0.15) is 30.2 Å². The highest BCUT2D eigenvalue weighted by Crippen LogP contribution is 2.36. The number of ether oxygens (including phenoxy) is 1. The number of carbonyl (C=O) groups excluding carboxylic acids is 1. The summed E-state index contributed by atoms with van der Waals surface area (Å²) in [5.41, 5.74) is 7.09. The number of hydrogen-bond acceptors (Lipinski definition) is 6. The highest BCUT2D eigenvalue weighted by Gasteiger charge is 2.25. The molecule has 1 aromatic carbocycles. The molecule has 0 fully saturated rings. The van der Waals surface area contributed by atoms with E-state index in [2.05, 4.69) is 0 Å². The Morgan fingerprint density at radius 1 is 1.32 bits per heavy atom. The Bertz CT molecular complexity index is 1120. The Labute approximate surface area is 170 Å². The van der Waals surface area contributed by atoms with Crippen LogP contribution < -0.4 is 16.0 Å². The minimum absolute atomic E-state index is 0.118. The van der Waals surface area contributed by atoms with Gasteiger partial charge in [0.1, 0.15) is 10.6 Å². The third kappa shape index (κ3) is 3.20. The quantitative estimate of drug-likeness (QED) is 0.510. The van der Waals surface area contributed by atoms with Gasteiger partial charge in [0.15, 0.2) is 5.16 Å². The van der Waals surface area contributed by atoms with Crippen LogP contribution in [0.4, 0.5) is 0 Å². The minimum atomic E-state index is -0.514. The number of amides is 1. The Morgan fingerprint density at radius 3 is 2.82 bits per heavy atom. The Hall–Kier alpha value is -2.32. The number of benzene rings is 1. The fraction of sp³-hybridized carbons (Fsp3) is 0.350. The van der Waals surface area contributed by atoms with Crippen LogP contribution in [0.3, 0.4) is 0 Å². The first-order valence-electron chi connectivity index (χ1n) is 9.18. The maximum absolute atomic E-state index is 13.6. The topological polar surface area (TPSA) is 87.2 Å². The maximum Gasteiger partial charge on any atom is 0.267 e. The summed E-state index contributed by atoms with van der Waals surface area (Å²) in [4.78, 5) is 32.1. The van der Waals surface area contributed by atoms with Gasteiger partial charge in [-0.2, -0.15) is 0 Å². The average Bonchev–Trinajstić information content (AvgIpc) is 3.06. The predicted octanol–water partition coefficient (Wildman–Crippen LogP) is 3.30. The second-order valence-electron chi connectivity index (χ2n) is 6.76. The van der Waals surface area contributed by atoms with Crippen LogP contribution in [0.2, 0.25) is 0 Å². The molecule has 8 heteroatoms. The number of methoxy groups -OCH3 is 1. The normalized spacial score (nSPS) is 14.6. The summed E-state index contributed by atoms with van der Waals surface area (Å²) in [7, 11) is 1.57. The molecule has 1 aliphatic rings. The van der Waals surface area contributed by atoms with Crippen molar-refractivity contribution < 1.29 is 9.53 Å². The SMILES string of the molecule is COc1ccccc1-n1c(S[C@@H](C)C(N)=O)nc2sc3c(c2c1=O)CCCC3. The van der Waals surface area contributed by atoms with Crippen molar-refractivity contribution in [2.24, 2.45) is 5.73 Å². The summed E-state index contributed by atoms with van der Waals surface area (Å²) in [5, 5.41) is 0.633. The summed E-state index contributed by atoms with van der Waals surface area (Å²) in [6.07, 6.45) is 4.12. The van der Waals surface area contributed by atoms with Gasteiger partial charge in [-0.1, -0.05) is 23.9 Å². The number of primary amides is 1.